The zero-order valence-electron chi connectivity index (χ0n) is 19.3. The summed E-state index contributed by atoms with van der Waals surface area (Å²) in [7, 11) is 0. The lowest BCUT2D eigenvalue weighted by Gasteiger charge is -2.37. The average molecular weight is 463 g/mol. The third kappa shape index (κ3) is 3.38. The van der Waals surface area contributed by atoms with Crippen molar-refractivity contribution in [3.63, 3.8) is 0 Å². The van der Waals surface area contributed by atoms with Gasteiger partial charge in [-0.05, 0) is 67.7 Å². The Kier molecular flexibility index (Phi) is 4.85. The average Bonchev–Trinajstić information content (AvgIpc) is 3.49. The molecule has 4 aromatic heterocycles. The number of H-pyrrole nitrogens is 1. The van der Waals surface area contributed by atoms with E-state index in [0.717, 1.165) is 29.6 Å². The minimum atomic E-state index is -0.205. The van der Waals surface area contributed by atoms with Crippen LogP contribution in [0, 0.1) is 6.92 Å². The molecule has 172 valence electrons. The molecule has 3 N–H and O–H groups in total. The van der Waals surface area contributed by atoms with Crippen molar-refractivity contribution in [3.05, 3.63) is 40.7 Å². The smallest absolute Gasteiger partial charge is 0.231 e. The second kappa shape index (κ2) is 7.67. The SMILES string of the molecule is Cc1cc(-c2[nH]c3cc(C4C[C@H]5CC[C@@H](C4)N5CC(N)=O)sc3c2C(C)C)cn2ncnc12. The van der Waals surface area contributed by atoms with Crippen LogP contribution in [0.25, 0.3) is 27.1 Å². The molecule has 2 aliphatic rings. The van der Waals surface area contributed by atoms with Gasteiger partial charge in [-0.25, -0.2) is 9.50 Å². The van der Waals surface area contributed by atoms with Gasteiger partial charge >= 0.3 is 0 Å². The topological polar surface area (TPSA) is 92.3 Å². The molecule has 2 saturated heterocycles. The number of hydrogen-bond acceptors (Lipinski definition) is 5. The predicted molar refractivity (Wildman–Crippen MR) is 132 cm³/mol. The molecule has 2 fully saturated rings. The number of hydrogen-bond donors (Lipinski definition) is 2. The molecule has 6 rings (SSSR count). The molecule has 0 spiro atoms. The summed E-state index contributed by atoms with van der Waals surface area (Å²) in [6.07, 6.45) is 8.30. The number of carbonyl (C=O) groups is 1. The van der Waals surface area contributed by atoms with Crippen molar-refractivity contribution in [2.75, 3.05) is 6.54 Å². The van der Waals surface area contributed by atoms with Crippen LogP contribution in [0.1, 0.15) is 67.4 Å². The van der Waals surface area contributed by atoms with Crippen molar-refractivity contribution >= 4 is 33.1 Å². The number of aromatic nitrogens is 4. The van der Waals surface area contributed by atoms with Gasteiger partial charge in [0.25, 0.3) is 0 Å². The Morgan fingerprint density at radius 3 is 2.73 bits per heavy atom. The number of carbonyl (C=O) groups excluding carboxylic acids is 1. The maximum absolute atomic E-state index is 11.5. The van der Waals surface area contributed by atoms with Gasteiger partial charge in [-0.1, -0.05) is 13.8 Å². The summed E-state index contributed by atoms with van der Waals surface area (Å²) in [5, 5.41) is 4.36. The Bertz CT molecular complexity index is 1350. The second-order valence-corrected chi connectivity index (χ2v) is 11.2. The van der Waals surface area contributed by atoms with Gasteiger partial charge in [-0.2, -0.15) is 5.10 Å². The van der Waals surface area contributed by atoms with E-state index < -0.39 is 0 Å². The Hall–Kier alpha value is -2.71. The third-order valence-corrected chi connectivity index (χ3v) is 8.91. The Morgan fingerprint density at radius 2 is 2.03 bits per heavy atom. The lowest BCUT2D eigenvalue weighted by atomic mass is 9.89. The fourth-order valence-electron chi connectivity index (χ4n) is 6.17. The van der Waals surface area contributed by atoms with Crippen LogP contribution in [0.15, 0.2) is 24.7 Å². The molecule has 3 atom stereocenters. The zero-order chi connectivity index (χ0) is 22.9. The van der Waals surface area contributed by atoms with E-state index in [1.54, 1.807) is 6.33 Å². The minimum Gasteiger partial charge on any atom is -0.369 e. The molecule has 1 amide bonds. The number of nitrogens with two attached hydrogens (primary N) is 1. The van der Waals surface area contributed by atoms with Crippen molar-refractivity contribution in [2.45, 2.75) is 70.4 Å². The number of nitrogens with one attached hydrogen (secondary N) is 1. The highest BCUT2D eigenvalue weighted by atomic mass is 32.1. The lowest BCUT2D eigenvalue weighted by Crippen LogP contribution is -2.46. The van der Waals surface area contributed by atoms with Crippen LogP contribution >= 0.6 is 11.3 Å². The standard InChI is InChI=1S/C25H30N6OS/c1-13(2)22-23(16-6-14(3)25-27-12-28-31(25)10-16)29-19-9-20(33-24(19)22)15-7-17-4-5-18(8-15)30(17)11-21(26)32/h6,9-10,12-13,15,17-18,29H,4-5,7-8,11H2,1-3H3,(H2,26,32)/t15?,17-,18+. The largest absolute Gasteiger partial charge is 0.369 e. The molecule has 2 aliphatic heterocycles. The van der Waals surface area contributed by atoms with E-state index in [-0.39, 0.29) is 5.91 Å². The quantitative estimate of drug-likeness (QED) is 0.454. The van der Waals surface area contributed by atoms with Gasteiger partial charge in [0.1, 0.15) is 6.33 Å². The first-order valence-corrected chi connectivity index (χ1v) is 12.7. The fourth-order valence-corrected chi connectivity index (χ4v) is 7.61. The number of nitrogens with zero attached hydrogens (tertiary/aromatic N) is 4. The number of amides is 1. The molecule has 0 aliphatic carbocycles. The van der Waals surface area contributed by atoms with Crippen LogP contribution < -0.4 is 5.73 Å². The Morgan fingerprint density at radius 1 is 1.27 bits per heavy atom. The first-order chi connectivity index (χ1) is 15.9. The maximum atomic E-state index is 11.5. The molecular formula is C25H30N6OS. The molecule has 0 aromatic carbocycles. The monoisotopic (exact) mass is 462 g/mol. The maximum Gasteiger partial charge on any atom is 0.231 e. The van der Waals surface area contributed by atoms with Crippen LogP contribution in [0.2, 0.25) is 0 Å². The third-order valence-electron chi connectivity index (χ3n) is 7.58. The van der Waals surface area contributed by atoms with Crippen LogP contribution in [-0.4, -0.2) is 49.0 Å². The number of piperidine rings is 1. The molecule has 1 unspecified atom stereocenters. The molecule has 0 radical (unpaired) electrons. The normalized spacial score (nSPS) is 23.3. The van der Waals surface area contributed by atoms with Crippen LogP contribution in [0.3, 0.4) is 0 Å². The van der Waals surface area contributed by atoms with Crippen LogP contribution in [0.5, 0.6) is 0 Å². The predicted octanol–water partition coefficient (Wildman–Crippen LogP) is 4.57. The molecule has 6 heterocycles. The van der Waals surface area contributed by atoms with E-state index in [1.807, 2.05) is 15.9 Å². The van der Waals surface area contributed by atoms with Crippen molar-refractivity contribution in [1.29, 1.82) is 0 Å². The van der Waals surface area contributed by atoms with Gasteiger partial charge in [0, 0.05) is 28.7 Å². The molecule has 33 heavy (non-hydrogen) atoms. The van der Waals surface area contributed by atoms with Gasteiger partial charge in [0.15, 0.2) is 5.65 Å². The number of rotatable bonds is 5. The summed E-state index contributed by atoms with van der Waals surface area (Å²) < 4.78 is 3.24. The number of aryl methyl sites for hydroxylation is 1. The summed E-state index contributed by atoms with van der Waals surface area (Å²) in [6, 6.07) is 5.56. The van der Waals surface area contributed by atoms with E-state index >= 15 is 0 Å². The summed E-state index contributed by atoms with van der Waals surface area (Å²) in [4.78, 5) is 23.5. The van der Waals surface area contributed by atoms with Crippen molar-refractivity contribution < 1.29 is 4.79 Å². The highest BCUT2D eigenvalue weighted by Gasteiger charge is 2.42. The van der Waals surface area contributed by atoms with Crippen LogP contribution in [-0.2, 0) is 4.79 Å². The molecular weight excluding hydrogens is 432 g/mol. The molecule has 2 bridgehead atoms. The van der Waals surface area contributed by atoms with Gasteiger partial charge in [-0.15, -0.1) is 11.3 Å². The molecule has 7 nitrogen and oxygen atoms in total. The summed E-state index contributed by atoms with van der Waals surface area (Å²) >= 11 is 1.95. The van der Waals surface area contributed by atoms with Gasteiger partial charge in [0.2, 0.25) is 5.91 Å². The summed E-state index contributed by atoms with van der Waals surface area (Å²) in [6.45, 7) is 7.04. The molecule has 0 saturated carbocycles. The summed E-state index contributed by atoms with van der Waals surface area (Å²) in [5.74, 6) is 0.762. The van der Waals surface area contributed by atoms with Gasteiger partial charge in [0.05, 0.1) is 22.5 Å². The van der Waals surface area contributed by atoms with E-state index in [0.29, 0.717) is 30.5 Å². The van der Waals surface area contributed by atoms with Crippen molar-refractivity contribution in [1.82, 2.24) is 24.5 Å². The van der Waals surface area contributed by atoms with Gasteiger partial charge < -0.3 is 10.7 Å². The first kappa shape index (κ1) is 20.9. The molecule has 8 heteroatoms. The highest BCUT2D eigenvalue weighted by Crippen LogP contribution is 2.47. The zero-order valence-corrected chi connectivity index (χ0v) is 20.2. The fraction of sp³-hybridized carbons (Fsp3) is 0.480. The van der Waals surface area contributed by atoms with E-state index in [2.05, 4.69) is 59.1 Å². The molecule has 4 aromatic rings. The highest BCUT2D eigenvalue weighted by molar-refractivity contribution is 7.19. The van der Waals surface area contributed by atoms with E-state index in [1.165, 1.54) is 39.2 Å². The van der Waals surface area contributed by atoms with E-state index in [4.69, 9.17) is 5.73 Å². The number of fused-ring (bicyclic) bond motifs is 4. The Labute approximate surface area is 197 Å². The number of primary amides is 1. The minimum absolute atomic E-state index is 0.205. The van der Waals surface area contributed by atoms with Crippen molar-refractivity contribution in [3.8, 4) is 11.3 Å². The first-order valence-electron chi connectivity index (χ1n) is 11.9. The number of pyridine rings is 1. The summed E-state index contributed by atoms with van der Waals surface area (Å²) in [5.41, 5.74) is 12.5. The second-order valence-electron chi connectivity index (χ2n) is 10.1. The van der Waals surface area contributed by atoms with Crippen LogP contribution in [0.4, 0.5) is 0 Å². The van der Waals surface area contributed by atoms with E-state index in [9.17, 15) is 4.79 Å². The number of aromatic amines is 1. The van der Waals surface area contributed by atoms with Gasteiger partial charge in [-0.3, -0.25) is 9.69 Å². The van der Waals surface area contributed by atoms with Crippen molar-refractivity contribution in [2.24, 2.45) is 5.73 Å². The lowest BCUT2D eigenvalue weighted by molar-refractivity contribution is -0.120. The number of thiophene rings is 1. The Balaban J connectivity index is 1.36.